The zero-order valence-corrected chi connectivity index (χ0v) is 16.9. The molecule has 3 N–H and O–H groups in total. The monoisotopic (exact) mass is 402 g/mol. The summed E-state index contributed by atoms with van der Waals surface area (Å²) in [6.45, 7) is 0.432. The van der Waals surface area contributed by atoms with Crippen LogP contribution in [0.4, 0.5) is 5.69 Å². The van der Waals surface area contributed by atoms with Gasteiger partial charge in [-0.3, -0.25) is 9.59 Å². The lowest BCUT2D eigenvalue weighted by atomic mass is 9.79. The largest absolute Gasteiger partial charge is 0.532 e. The van der Waals surface area contributed by atoms with Crippen LogP contribution in [0.25, 0.3) is 11.1 Å². The molecular weight excluding hydrogens is 379 g/mol. The first kappa shape index (κ1) is 21.3. The first-order valence-corrected chi connectivity index (χ1v) is 9.50. The average Bonchev–Trinajstić information content (AvgIpc) is 2.77. The molecule has 0 saturated carbocycles. The first-order valence-electron chi connectivity index (χ1n) is 9.50. The lowest BCUT2D eigenvalue weighted by molar-refractivity contribution is 0.0950. The van der Waals surface area contributed by atoms with Gasteiger partial charge >= 0.3 is 7.12 Å². The summed E-state index contributed by atoms with van der Waals surface area (Å²) in [4.78, 5) is 26.2. The third-order valence-corrected chi connectivity index (χ3v) is 4.77. The number of anilines is 1. The van der Waals surface area contributed by atoms with Crippen LogP contribution in [0.5, 0.6) is 0 Å². The fourth-order valence-corrected chi connectivity index (χ4v) is 3.01. The molecule has 3 aromatic carbocycles. The average molecular weight is 402 g/mol. The van der Waals surface area contributed by atoms with Crippen molar-refractivity contribution in [3.05, 3.63) is 89.5 Å². The lowest BCUT2D eigenvalue weighted by Gasteiger charge is -2.13. The predicted octanol–water partition coefficient (Wildman–Crippen LogP) is 2.54. The van der Waals surface area contributed by atoms with E-state index in [2.05, 4.69) is 5.32 Å². The van der Waals surface area contributed by atoms with Crippen LogP contribution in [0.3, 0.4) is 0 Å². The number of rotatable bonds is 7. The number of benzene rings is 3. The van der Waals surface area contributed by atoms with E-state index in [0.29, 0.717) is 12.1 Å². The van der Waals surface area contributed by atoms with Crippen molar-refractivity contribution in [2.24, 2.45) is 0 Å². The van der Waals surface area contributed by atoms with E-state index < -0.39 is 12.8 Å². The summed E-state index contributed by atoms with van der Waals surface area (Å²) in [5.74, 6) is -0.175. The normalized spacial score (nSPS) is 10.4. The number of hydrogen-bond donors (Lipinski definition) is 3. The third kappa shape index (κ3) is 5.14. The van der Waals surface area contributed by atoms with Gasteiger partial charge in [0.2, 0.25) is 0 Å². The van der Waals surface area contributed by atoms with Gasteiger partial charge in [0.05, 0.1) is 0 Å². The van der Waals surface area contributed by atoms with Crippen molar-refractivity contribution in [2.45, 2.75) is 6.54 Å². The highest BCUT2D eigenvalue weighted by molar-refractivity contribution is 6.81. The van der Waals surface area contributed by atoms with Crippen molar-refractivity contribution < 1.29 is 19.6 Å². The van der Waals surface area contributed by atoms with E-state index in [1.807, 2.05) is 49.3 Å². The Hall–Kier alpha value is -3.42. The topological polar surface area (TPSA) is 89.9 Å². The molecule has 0 radical (unpaired) electrons. The fourth-order valence-electron chi connectivity index (χ4n) is 3.01. The maximum atomic E-state index is 12.4. The Balaban J connectivity index is 1.66. The van der Waals surface area contributed by atoms with Gasteiger partial charge in [0.1, 0.15) is 0 Å². The molecule has 3 rings (SSSR count). The molecule has 0 bridgehead atoms. The van der Waals surface area contributed by atoms with Gasteiger partial charge in [0, 0.05) is 37.5 Å². The molecular formula is C23H23BN2O4. The van der Waals surface area contributed by atoms with Crippen molar-refractivity contribution >= 4 is 24.4 Å². The zero-order chi connectivity index (χ0) is 21.7. The molecule has 0 unspecified atom stereocenters. The minimum absolute atomic E-state index is 0.175. The molecule has 3 aromatic rings. The molecule has 152 valence electrons. The van der Waals surface area contributed by atoms with Crippen LogP contribution in [-0.4, -0.2) is 42.9 Å². The molecule has 0 fully saturated rings. The Bertz CT molecular complexity index is 1030. The molecule has 0 aliphatic rings. The summed E-state index contributed by atoms with van der Waals surface area (Å²) in [7, 11) is 1.92. The van der Waals surface area contributed by atoms with Crippen molar-refractivity contribution in [2.75, 3.05) is 19.0 Å². The van der Waals surface area contributed by atoms with Gasteiger partial charge in [-0.1, -0.05) is 42.5 Å². The van der Waals surface area contributed by atoms with Crippen LogP contribution in [0.2, 0.25) is 0 Å². The number of amides is 1. The van der Waals surface area contributed by atoms with Gasteiger partial charge in [-0.15, -0.1) is 0 Å². The summed E-state index contributed by atoms with van der Waals surface area (Å²) >= 11 is 0. The molecule has 30 heavy (non-hydrogen) atoms. The van der Waals surface area contributed by atoms with E-state index in [9.17, 15) is 9.59 Å². The Morgan fingerprint density at radius 2 is 1.53 bits per heavy atom. The third-order valence-electron chi connectivity index (χ3n) is 4.77. The molecule has 6 nitrogen and oxygen atoms in total. The second-order valence-corrected chi connectivity index (χ2v) is 7.14. The Labute approximate surface area is 175 Å². The highest BCUT2D eigenvalue weighted by Crippen LogP contribution is 2.21. The summed E-state index contributed by atoms with van der Waals surface area (Å²) in [6.07, 6.45) is 0. The lowest BCUT2D eigenvalue weighted by Crippen LogP contribution is -2.25. The van der Waals surface area contributed by atoms with Crippen molar-refractivity contribution in [3.8, 4) is 11.1 Å². The summed E-state index contributed by atoms with van der Waals surface area (Å²) in [5, 5.41) is 21.0. The molecule has 0 aliphatic carbocycles. The van der Waals surface area contributed by atoms with Crippen LogP contribution < -0.4 is 10.2 Å². The van der Waals surface area contributed by atoms with Gasteiger partial charge in [0.25, 0.3) is 5.91 Å². The summed E-state index contributed by atoms with van der Waals surface area (Å²) in [6, 6.07) is 21.6. The Morgan fingerprint density at radius 3 is 2.13 bits per heavy atom. The van der Waals surface area contributed by atoms with Gasteiger partial charge in [0.15, 0.2) is 5.68 Å². The van der Waals surface area contributed by atoms with Crippen LogP contribution in [0.1, 0.15) is 26.3 Å². The molecule has 0 saturated heterocycles. The molecule has 0 aromatic heterocycles. The smallest absolute Gasteiger partial charge is 0.421 e. The van der Waals surface area contributed by atoms with E-state index in [-0.39, 0.29) is 11.5 Å². The molecule has 0 spiro atoms. The van der Waals surface area contributed by atoms with Gasteiger partial charge in [-0.05, 0) is 47.0 Å². The maximum absolute atomic E-state index is 12.4. The van der Waals surface area contributed by atoms with Crippen LogP contribution >= 0.6 is 0 Å². The van der Waals surface area contributed by atoms with Gasteiger partial charge in [-0.25, -0.2) is 0 Å². The van der Waals surface area contributed by atoms with Crippen molar-refractivity contribution in [1.82, 2.24) is 5.32 Å². The van der Waals surface area contributed by atoms with E-state index in [1.165, 1.54) is 6.07 Å². The zero-order valence-electron chi connectivity index (χ0n) is 16.9. The van der Waals surface area contributed by atoms with Crippen LogP contribution in [0, 0.1) is 0 Å². The van der Waals surface area contributed by atoms with Gasteiger partial charge in [-0.2, -0.15) is 0 Å². The van der Waals surface area contributed by atoms with E-state index >= 15 is 0 Å². The van der Waals surface area contributed by atoms with Crippen molar-refractivity contribution in [1.29, 1.82) is 0 Å². The maximum Gasteiger partial charge on any atom is 0.532 e. The van der Waals surface area contributed by atoms with Gasteiger partial charge < -0.3 is 20.3 Å². The Morgan fingerprint density at radius 1 is 0.867 bits per heavy atom. The second-order valence-electron chi connectivity index (χ2n) is 7.14. The van der Waals surface area contributed by atoms with E-state index in [0.717, 1.165) is 22.4 Å². The predicted molar refractivity (Wildman–Crippen MR) is 118 cm³/mol. The molecule has 1 amide bonds. The van der Waals surface area contributed by atoms with E-state index in [1.54, 1.807) is 36.4 Å². The number of carbonyl (C=O) groups excluding carboxylic acids is 2. The number of hydrogen-bond acceptors (Lipinski definition) is 5. The second kappa shape index (κ2) is 9.39. The molecule has 0 aliphatic heterocycles. The highest BCUT2D eigenvalue weighted by atomic mass is 16.4. The summed E-state index contributed by atoms with van der Waals surface area (Å²) < 4.78 is 0. The Kier molecular flexibility index (Phi) is 6.67. The van der Waals surface area contributed by atoms with Crippen LogP contribution in [-0.2, 0) is 6.54 Å². The molecule has 0 heterocycles. The van der Waals surface area contributed by atoms with E-state index in [4.69, 9.17) is 10.0 Å². The number of carbonyl (C=O) groups is 2. The number of nitrogens with zero attached hydrogens (tertiary/aromatic N) is 1. The molecule has 7 heteroatoms. The van der Waals surface area contributed by atoms with Crippen molar-refractivity contribution in [3.63, 3.8) is 0 Å². The van der Waals surface area contributed by atoms with Crippen LogP contribution in [0.15, 0.2) is 72.8 Å². The fraction of sp³-hybridized carbons (Fsp3) is 0.130. The minimum atomic E-state index is -2.04. The minimum Gasteiger partial charge on any atom is -0.421 e. The quantitative estimate of drug-likeness (QED) is 0.529. The standard InChI is InChI=1S/C23H23BN2O4/c1-26(2)21-12-6-16(7-13-21)15-25-23(28)18-10-8-17(9-11-18)19-4-3-5-20(14-19)22(27)24(29)30/h3-14,29-30H,15H2,1-2H3,(H,25,28). The molecule has 0 atom stereocenters. The summed E-state index contributed by atoms with van der Waals surface area (Å²) in [5.41, 5.74) is 3.65. The SMILES string of the molecule is CN(C)c1ccc(CNC(=O)c2ccc(-c3cccc(C(=O)B(O)O)c3)cc2)cc1. The highest BCUT2D eigenvalue weighted by Gasteiger charge is 2.21. The first-order chi connectivity index (χ1) is 14.3. The number of nitrogens with one attached hydrogen (secondary N) is 1.